The van der Waals surface area contributed by atoms with E-state index in [0.29, 0.717) is 18.0 Å². The first kappa shape index (κ1) is 14.6. The fraction of sp³-hybridized carbons (Fsp3) is 0.438. The van der Waals surface area contributed by atoms with Crippen molar-refractivity contribution in [3.05, 3.63) is 42.2 Å². The second-order valence-electron chi connectivity index (χ2n) is 5.64. The third-order valence-corrected chi connectivity index (χ3v) is 3.94. The summed E-state index contributed by atoms with van der Waals surface area (Å²) in [5, 5.41) is 2.98. The van der Waals surface area contributed by atoms with Gasteiger partial charge in [0, 0.05) is 25.8 Å². The molecule has 6 heteroatoms. The second kappa shape index (κ2) is 6.60. The van der Waals surface area contributed by atoms with Crippen LogP contribution in [0.3, 0.4) is 0 Å². The van der Waals surface area contributed by atoms with Crippen molar-refractivity contribution in [1.29, 1.82) is 0 Å². The predicted molar refractivity (Wildman–Crippen MR) is 82.7 cm³/mol. The zero-order chi connectivity index (χ0) is 15.4. The zero-order valence-electron chi connectivity index (χ0n) is 12.7. The van der Waals surface area contributed by atoms with Crippen molar-refractivity contribution in [2.75, 3.05) is 24.5 Å². The summed E-state index contributed by atoms with van der Waals surface area (Å²) in [7, 11) is 0. The minimum absolute atomic E-state index is 0.0799. The van der Waals surface area contributed by atoms with Gasteiger partial charge >= 0.3 is 0 Å². The molecule has 116 valence electrons. The first-order valence-corrected chi connectivity index (χ1v) is 7.57. The minimum atomic E-state index is -0.0799. The normalized spacial score (nSPS) is 18.2. The summed E-state index contributed by atoms with van der Waals surface area (Å²) < 4.78 is 4.93. The number of carbonyl (C=O) groups excluding carboxylic acids is 1. The Hall–Kier alpha value is -2.37. The molecule has 0 radical (unpaired) electrons. The fourth-order valence-corrected chi connectivity index (χ4v) is 2.79. The molecule has 0 aliphatic carbocycles. The molecule has 1 aliphatic rings. The van der Waals surface area contributed by atoms with Crippen LogP contribution in [-0.2, 0) is 0 Å². The van der Waals surface area contributed by atoms with Crippen LogP contribution in [0.4, 0.5) is 5.82 Å². The molecule has 2 aromatic rings. The van der Waals surface area contributed by atoms with Crippen molar-refractivity contribution >= 4 is 11.7 Å². The highest BCUT2D eigenvalue weighted by molar-refractivity contribution is 5.93. The third kappa shape index (κ3) is 3.44. The Kier molecular flexibility index (Phi) is 4.37. The first-order valence-electron chi connectivity index (χ1n) is 7.57. The number of anilines is 1. The smallest absolute Gasteiger partial charge is 0.254 e. The van der Waals surface area contributed by atoms with Gasteiger partial charge in [0.2, 0.25) is 0 Å². The number of amides is 1. The Balaban J connectivity index is 1.56. The van der Waals surface area contributed by atoms with Crippen LogP contribution in [0, 0.1) is 12.8 Å². The molecule has 1 aliphatic heterocycles. The van der Waals surface area contributed by atoms with Crippen molar-refractivity contribution in [1.82, 2.24) is 15.3 Å². The number of rotatable bonds is 4. The average molecular weight is 300 g/mol. The molecular weight excluding hydrogens is 280 g/mol. The summed E-state index contributed by atoms with van der Waals surface area (Å²) in [5.74, 6) is 2.11. The number of hydrogen-bond acceptors (Lipinski definition) is 5. The van der Waals surface area contributed by atoms with E-state index in [4.69, 9.17) is 4.42 Å². The van der Waals surface area contributed by atoms with Gasteiger partial charge in [-0.25, -0.2) is 9.97 Å². The molecule has 22 heavy (non-hydrogen) atoms. The lowest BCUT2D eigenvalue weighted by atomic mass is 9.98. The van der Waals surface area contributed by atoms with E-state index in [0.717, 1.165) is 37.6 Å². The lowest BCUT2D eigenvalue weighted by molar-refractivity contribution is 0.0945. The molecule has 2 aromatic heterocycles. The van der Waals surface area contributed by atoms with Gasteiger partial charge in [-0.15, -0.1) is 0 Å². The molecule has 0 aromatic carbocycles. The molecule has 6 nitrogen and oxygen atoms in total. The molecular formula is C16H20N4O2. The van der Waals surface area contributed by atoms with E-state index in [9.17, 15) is 4.79 Å². The van der Waals surface area contributed by atoms with Gasteiger partial charge in [-0.3, -0.25) is 4.79 Å². The highest BCUT2D eigenvalue weighted by Gasteiger charge is 2.21. The number of aryl methyl sites for hydroxylation is 1. The van der Waals surface area contributed by atoms with Gasteiger partial charge in [-0.05, 0) is 37.8 Å². The topological polar surface area (TPSA) is 71.3 Å². The predicted octanol–water partition coefficient (Wildman–Crippen LogP) is 2.02. The highest BCUT2D eigenvalue weighted by Crippen LogP contribution is 2.21. The van der Waals surface area contributed by atoms with Crippen LogP contribution in [0.25, 0.3) is 0 Å². The second-order valence-corrected chi connectivity index (χ2v) is 5.64. The number of hydrogen-bond donors (Lipinski definition) is 1. The van der Waals surface area contributed by atoms with Crippen LogP contribution in [0.15, 0.2) is 35.3 Å². The number of piperidine rings is 1. The van der Waals surface area contributed by atoms with Crippen LogP contribution in [0.2, 0.25) is 0 Å². The Morgan fingerprint density at radius 3 is 3.18 bits per heavy atom. The van der Waals surface area contributed by atoms with Gasteiger partial charge < -0.3 is 14.6 Å². The summed E-state index contributed by atoms with van der Waals surface area (Å²) in [6, 6.07) is 3.62. The molecule has 0 bridgehead atoms. The van der Waals surface area contributed by atoms with E-state index in [-0.39, 0.29) is 5.91 Å². The Bertz CT molecular complexity index is 627. The Labute approximate surface area is 129 Å². The Morgan fingerprint density at radius 2 is 2.41 bits per heavy atom. The summed E-state index contributed by atoms with van der Waals surface area (Å²) in [6.45, 7) is 4.48. The summed E-state index contributed by atoms with van der Waals surface area (Å²) in [5.41, 5.74) is 0.569. The highest BCUT2D eigenvalue weighted by atomic mass is 16.3. The third-order valence-electron chi connectivity index (χ3n) is 3.94. The van der Waals surface area contributed by atoms with Gasteiger partial charge in [0.25, 0.3) is 5.91 Å². The quantitative estimate of drug-likeness (QED) is 0.935. The number of furan rings is 1. The molecule has 0 saturated carbocycles. The largest absolute Gasteiger partial charge is 0.472 e. The van der Waals surface area contributed by atoms with E-state index in [1.807, 2.05) is 13.0 Å². The maximum absolute atomic E-state index is 11.9. The number of nitrogens with zero attached hydrogens (tertiary/aromatic N) is 3. The van der Waals surface area contributed by atoms with E-state index in [2.05, 4.69) is 20.2 Å². The van der Waals surface area contributed by atoms with Crippen LogP contribution < -0.4 is 10.2 Å². The van der Waals surface area contributed by atoms with Gasteiger partial charge in [-0.2, -0.15) is 0 Å². The van der Waals surface area contributed by atoms with E-state index in [1.54, 1.807) is 12.3 Å². The molecule has 3 heterocycles. The fourth-order valence-electron chi connectivity index (χ4n) is 2.79. The van der Waals surface area contributed by atoms with Crippen molar-refractivity contribution in [3.63, 3.8) is 0 Å². The maximum atomic E-state index is 11.9. The molecule has 1 fully saturated rings. The van der Waals surface area contributed by atoms with Crippen LogP contribution in [0.1, 0.15) is 29.0 Å². The molecule has 0 unspecified atom stereocenters. The maximum Gasteiger partial charge on any atom is 0.254 e. The lowest BCUT2D eigenvalue weighted by Crippen LogP contribution is -2.41. The molecule has 1 atom stereocenters. The number of aromatic nitrogens is 2. The monoisotopic (exact) mass is 300 g/mol. The molecule has 1 amide bonds. The molecule has 3 rings (SSSR count). The van der Waals surface area contributed by atoms with Crippen molar-refractivity contribution < 1.29 is 9.21 Å². The lowest BCUT2D eigenvalue weighted by Gasteiger charge is -2.33. The van der Waals surface area contributed by atoms with Gasteiger partial charge in [0.15, 0.2) is 0 Å². The number of nitrogens with one attached hydrogen (secondary N) is 1. The molecule has 1 saturated heterocycles. The summed E-state index contributed by atoms with van der Waals surface area (Å²) in [6.07, 6.45) is 6.99. The zero-order valence-corrected chi connectivity index (χ0v) is 12.7. The van der Waals surface area contributed by atoms with Crippen molar-refractivity contribution in [2.24, 2.45) is 5.92 Å². The Morgan fingerprint density at radius 1 is 1.50 bits per heavy atom. The van der Waals surface area contributed by atoms with Gasteiger partial charge in [-0.1, -0.05) is 0 Å². The van der Waals surface area contributed by atoms with Crippen LogP contribution >= 0.6 is 0 Å². The van der Waals surface area contributed by atoms with Crippen molar-refractivity contribution in [2.45, 2.75) is 19.8 Å². The first-order chi connectivity index (χ1) is 10.7. The van der Waals surface area contributed by atoms with Gasteiger partial charge in [0.05, 0.1) is 11.8 Å². The number of carbonyl (C=O) groups is 1. The summed E-state index contributed by atoms with van der Waals surface area (Å²) >= 11 is 0. The molecule has 1 N–H and O–H groups in total. The van der Waals surface area contributed by atoms with Crippen LogP contribution in [0.5, 0.6) is 0 Å². The SMILES string of the molecule is Cc1nccc(N2CCC[C@H](CNC(=O)c3ccoc3)C2)n1. The van der Waals surface area contributed by atoms with Crippen LogP contribution in [-0.4, -0.2) is 35.5 Å². The van der Waals surface area contributed by atoms with E-state index in [1.165, 1.54) is 12.5 Å². The van der Waals surface area contributed by atoms with Gasteiger partial charge in [0.1, 0.15) is 17.9 Å². The summed E-state index contributed by atoms with van der Waals surface area (Å²) in [4.78, 5) is 22.8. The van der Waals surface area contributed by atoms with Crippen molar-refractivity contribution in [3.8, 4) is 0 Å². The van der Waals surface area contributed by atoms with E-state index < -0.39 is 0 Å². The minimum Gasteiger partial charge on any atom is -0.472 e. The van der Waals surface area contributed by atoms with E-state index >= 15 is 0 Å². The molecule has 0 spiro atoms. The standard InChI is InChI=1S/C16H20N4O2/c1-12-17-6-4-15(19-12)20-7-2-3-13(10-20)9-18-16(21)14-5-8-22-11-14/h4-6,8,11,13H,2-3,7,9-10H2,1H3,(H,18,21)/t13-/m1/s1. The average Bonchev–Trinajstić information content (AvgIpc) is 3.07.